The maximum atomic E-state index is 13.2. The molecular weight excluding hydrogens is 296 g/mol. The highest BCUT2D eigenvalue weighted by Crippen LogP contribution is 2.28. The molecule has 0 bridgehead atoms. The van der Waals surface area contributed by atoms with Crippen LogP contribution in [0.3, 0.4) is 0 Å². The van der Waals surface area contributed by atoms with Crippen molar-refractivity contribution in [1.29, 1.82) is 0 Å². The Kier molecular flexibility index (Phi) is 4.11. The molecule has 0 aromatic heterocycles. The summed E-state index contributed by atoms with van der Waals surface area (Å²) >= 11 is 0. The molecule has 1 unspecified atom stereocenters. The minimum Gasteiger partial charge on any atom is -0.329 e. The topological polar surface area (TPSA) is 23.6 Å². The number of amides is 1. The summed E-state index contributed by atoms with van der Waals surface area (Å²) < 4.78 is 0. The molecule has 2 aromatic rings. The average molecular weight is 320 g/mol. The molecule has 1 heterocycles. The second-order valence-corrected chi connectivity index (χ2v) is 7.02. The summed E-state index contributed by atoms with van der Waals surface area (Å²) in [6, 6.07) is 16.8. The molecular formula is C21H24N2O. The third kappa shape index (κ3) is 2.84. The molecule has 0 radical (unpaired) electrons. The van der Waals surface area contributed by atoms with Gasteiger partial charge in [-0.25, -0.2) is 0 Å². The van der Waals surface area contributed by atoms with Crippen LogP contribution in [0, 0.1) is 0 Å². The summed E-state index contributed by atoms with van der Waals surface area (Å²) in [5.41, 5.74) is 4.86. The molecule has 0 N–H and O–H groups in total. The van der Waals surface area contributed by atoms with Crippen molar-refractivity contribution in [2.24, 2.45) is 0 Å². The van der Waals surface area contributed by atoms with E-state index in [0.29, 0.717) is 0 Å². The Labute approximate surface area is 143 Å². The summed E-state index contributed by atoms with van der Waals surface area (Å²) in [5.74, 6) is 0.173. The van der Waals surface area contributed by atoms with Gasteiger partial charge in [0.05, 0.1) is 6.04 Å². The van der Waals surface area contributed by atoms with Crippen molar-refractivity contribution in [1.82, 2.24) is 9.80 Å². The number of carbonyl (C=O) groups excluding carboxylic acids is 1. The zero-order valence-electron chi connectivity index (χ0n) is 14.2. The van der Waals surface area contributed by atoms with Crippen LogP contribution in [0.1, 0.15) is 39.5 Å². The first-order valence-corrected chi connectivity index (χ1v) is 8.88. The quantitative estimate of drug-likeness (QED) is 0.847. The van der Waals surface area contributed by atoms with Gasteiger partial charge in [0, 0.05) is 25.2 Å². The monoisotopic (exact) mass is 320 g/mol. The Balaban J connectivity index is 1.64. The zero-order valence-corrected chi connectivity index (χ0v) is 14.2. The van der Waals surface area contributed by atoms with Crippen molar-refractivity contribution < 1.29 is 4.79 Å². The van der Waals surface area contributed by atoms with Crippen LogP contribution < -0.4 is 0 Å². The van der Waals surface area contributed by atoms with Crippen LogP contribution in [0.5, 0.6) is 0 Å². The summed E-state index contributed by atoms with van der Waals surface area (Å²) in [4.78, 5) is 17.6. The Morgan fingerprint density at radius 1 is 1.00 bits per heavy atom. The number of nitrogens with zero attached hydrogens (tertiary/aromatic N) is 2. The standard InChI is InChI=1S/C21H24N2O/c1-22-12-13-23(20(15-22)17-6-3-2-4-7-17)21(24)19-11-10-16-8-5-9-18(16)14-19/h2-4,6-7,10-11,14,20H,5,8-9,12-13,15H2,1H3. The lowest BCUT2D eigenvalue weighted by Crippen LogP contribution is -2.49. The second-order valence-electron chi connectivity index (χ2n) is 7.02. The fourth-order valence-electron chi connectivity index (χ4n) is 3.99. The van der Waals surface area contributed by atoms with Crippen molar-refractivity contribution >= 4 is 5.91 Å². The highest BCUT2D eigenvalue weighted by molar-refractivity contribution is 5.95. The molecule has 24 heavy (non-hydrogen) atoms. The lowest BCUT2D eigenvalue weighted by molar-refractivity contribution is 0.0498. The van der Waals surface area contributed by atoms with Gasteiger partial charge < -0.3 is 9.80 Å². The highest BCUT2D eigenvalue weighted by Gasteiger charge is 2.31. The molecule has 1 fully saturated rings. The molecule has 3 nitrogen and oxygen atoms in total. The van der Waals surface area contributed by atoms with Gasteiger partial charge in [-0.2, -0.15) is 0 Å². The van der Waals surface area contributed by atoms with Gasteiger partial charge in [-0.05, 0) is 55.1 Å². The van der Waals surface area contributed by atoms with E-state index in [1.807, 2.05) is 12.1 Å². The van der Waals surface area contributed by atoms with Crippen LogP contribution in [0.25, 0.3) is 0 Å². The Morgan fingerprint density at radius 2 is 1.79 bits per heavy atom. The van der Waals surface area contributed by atoms with Gasteiger partial charge in [0.15, 0.2) is 0 Å². The zero-order chi connectivity index (χ0) is 16.5. The number of aryl methyl sites for hydroxylation is 2. The second kappa shape index (κ2) is 6.40. The van der Waals surface area contributed by atoms with E-state index in [-0.39, 0.29) is 11.9 Å². The first-order chi connectivity index (χ1) is 11.7. The van der Waals surface area contributed by atoms with E-state index in [0.717, 1.165) is 38.0 Å². The number of hydrogen-bond donors (Lipinski definition) is 0. The van der Waals surface area contributed by atoms with Gasteiger partial charge in [0.1, 0.15) is 0 Å². The van der Waals surface area contributed by atoms with E-state index in [4.69, 9.17) is 0 Å². The highest BCUT2D eigenvalue weighted by atomic mass is 16.2. The lowest BCUT2D eigenvalue weighted by Gasteiger charge is -2.40. The normalized spacial score (nSPS) is 20.9. The van der Waals surface area contributed by atoms with Gasteiger partial charge in [0.25, 0.3) is 5.91 Å². The molecule has 124 valence electrons. The number of piperazine rings is 1. The van der Waals surface area contributed by atoms with Gasteiger partial charge in [-0.1, -0.05) is 36.4 Å². The number of hydrogen-bond acceptors (Lipinski definition) is 2. The van der Waals surface area contributed by atoms with Crippen LogP contribution in [-0.2, 0) is 12.8 Å². The van der Waals surface area contributed by atoms with E-state index in [2.05, 4.69) is 53.2 Å². The van der Waals surface area contributed by atoms with Crippen molar-refractivity contribution in [3.8, 4) is 0 Å². The van der Waals surface area contributed by atoms with E-state index in [1.165, 1.54) is 23.1 Å². The molecule has 0 saturated carbocycles. The predicted molar refractivity (Wildman–Crippen MR) is 96.2 cm³/mol. The van der Waals surface area contributed by atoms with Crippen LogP contribution in [0.2, 0.25) is 0 Å². The summed E-state index contributed by atoms with van der Waals surface area (Å²) in [6.07, 6.45) is 3.49. The third-order valence-electron chi connectivity index (χ3n) is 5.37. The van der Waals surface area contributed by atoms with Crippen LogP contribution in [-0.4, -0.2) is 42.4 Å². The fraction of sp³-hybridized carbons (Fsp3) is 0.381. The number of benzene rings is 2. The largest absolute Gasteiger partial charge is 0.329 e. The first kappa shape index (κ1) is 15.4. The number of fused-ring (bicyclic) bond motifs is 1. The van der Waals surface area contributed by atoms with Crippen molar-refractivity contribution in [2.45, 2.75) is 25.3 Å². The van der Waals surface area contributed by atoms with E-state index in [1.54, 1.807) is 0 Å². The molecule has 1 atom stereocenters. The van der Waals surface area contributed by atoms with E-state index >= 15 is 0 Å². The van der Waals surface area contributed by atoms with Gasteiger partial charge in [-0.15, -0.1) is 0 Å². The fourth-order valence-corrected chi connectivity index (χ4v) is 3.99. The van der Waals surface area contributed by atoms with Crippen LogP contribution in [0.15, 0.2) is 48.5 Å². The minimum absolute atomic E-state index is 0.130. The molecule has 1 saturated heterocycles. The predicted octanol–water partition coefficient (Wildman–Crippen LogP) is 3.30. The van der Waals surface area contributed by atoms with Gasteiger partial charge >= 0.3 is 0 Å². The van der Waals surface area contributed by atoms with E-state index < -0.39 is 0 Å². The Morgan fingerprint density at radius 3 is 2.62 bits per heavy atom. The van der Waals surface area contributed by atoms with Crippen LogP contribution in [0.4, 0.5) is 0 Å². The SMILES string of the molecule is CN1CCN(C(=O)c2ccc3c(c2)CCC3)C(c2ccccc2)C1. The number of likely N-dealkylation sites (N-methyl/N-ethyl adjacent to an activating group) is 1. The van der Waals surface area contributed by atoms with Crippen molar-refractivity contribution in [3.05, 3.63) is 70.8 Å². The molecule has 4 rings (SSSR count). The van der Waals surface area contributed by atoms with Crippen molar-refractivity contribution in [2.75, 3.05) is 26.7 Å². The first-order valence-electron chi connectivity index (χ1n) is 8.88. The smallest absolute Gasteiger partial charge is 0.254 e. The Hall–Kier alpha value is -2.13. The molecule has 2 aromatic carbocycles. The lowest BCUT2D eigenvalue weighted by atomic mass is 10.00. The van der Waals surface area contributed by atoms with Crippen LogP contribution >= 0.6 is 0 Å². The minimum atomic E-state index is 0.130. The Bertz CT molecular complexity index is 741. The average Bonchev–Trinajstić information content (AvgIpc) is 3.09. The molecule has 2 aliphatic rings. The third-order valence-corrected chi connectivity index (χ3v) is 5.37. The molecule has 1 aliphatic heterocycles. The summed E-state index contributed by atoms with van der Waals surface area (Å²) in [7, 11) is 2.13. The maximum absolute atomic E-state index is 13.2. The molecule has 1 amide bonds. The maximum Gasteiger partial charge on any atom is 0.254 e. The number of rotatable bonds is 2. The van der Waals surface area contributed by atoms with Gasteiger partial charge in [-0.3, -0.25) is 4.79 Å². The van der Waals surface area contributed by atoms with Gasteiger partial charge in [0.2, 0.25) is 0 Å². The molecule has 0 spiro atoms. The summed E-state index contributed by atoms with van der Waals surface area (Å²) in [5, 5.41) is 0. The van der Waals surface area contributed by atoms with Crippen molar-refractivity contribution in [3.63, 3.8) is 0 Å². The number of carbonyl (C=O) groups is 1. The van der Waals surface area contributed by atoms with E-state index in [9.17, 15) is 4.79 Å². The molecule has 3 heteroatoms. The summed E-state index contributed by atoms with van der Waals surface area (Å²) in [6.45, 7) is 2.60. The molecule has 1 aliphatic carbocycles.